The molecule has 29 heavy (non-hydrogen) atoms. The van der Waals surface area contributed by atoms with E-state index in [0.717, 1.165) is 12.0 Å². The highest BCUT2D eigenvalue weighted by molar-refractivity contribution is 5.87. The SMILES string of the molecule is CC(C)(C)OC(=O)N1C[C@@H](NCc2cccnc2)C[C@H]1C(=O)N1CCCC1C#N. The molecule has 1 aromatic heterocycles. The van der Waals surface area contributed by atoms with E-state index in [0.29, 0.717) is 32.5 Å². The molecule has 1 N–H and O–H groups in total. The first-order valence-electron chi connectivity index (χ1n) is 10.1. The Morgan fingerprint density at radius 3 is 2.83 bits per heavy atom. The minimum Gasteiger partial charge on any atom is -0.444 e. The second-order valence-electron chi connectivity index (χ2n) is 8.64. The van der Waals surface area contributed by atoms with Crippen LogP contribution < -0.4 is 5.32 Å². The summed E-state index contributed by atoms with van der Waals surface area (Å²) in [4.78, 5) is 33.2. The van der Waals surface area contributed by atoms with Gasteiger partial charge in [-0.3, -0.25) is 14.7 Å². The van der Waals surface area contributed by atoms with Gasteiger partial charge >= 0.3 is 6.09 Å². The van der Waals surface area contributed by atoms with Gasteiger partial charge in [-0.2, -0.15) is 5.26 Å². The van der Waals surface area contributed by atoms with Crippen LogP contribution in [0.2, 0.25) is 0 Å². The fraction of sp³-hybridized carbons (Fsp3) is 0.619. The van der Waals surface area contributed by atoms with Crippen LogP contribution in [0, 0.1) is 11.3 Å². The smallest absolute Gasteiger partial charge is 0.411 e. The van der Waals surface area contributed by atoms with Gasteiger partial charge in [0, 0.05) is 38.1 Å². The molecule has 2 aliphatic rings. The minimum atomic E-state index is -0.644. The maximum atomic E-state index is 13.2. The molecule has 0 aliphatic carbocycles. The van der Waals surface area contributed by atoms with E-state index in [1.807, 2.05) is 32.9 Å². The average Bonchev–Trinajstić information content (AvgIpc) is 3.32. The van der Waals surface area contributed by atoms with Crippen molar-refractivity contribution in [2.24, 2.45) is 0 Å². The zero-order valence-electron chi connectivity index (χ0n) is 17.3. The highest BCUT2D eigenvalue weighted by atomic mass is 16.6. The number of nitrogens with zero attached hydrogens (tertiary/aromatic N) is 4. The quantitative estimate of drug-likeness (QED) is 0.832. The number of nitrogens with one attached hydrogen (secondary N) is 1. The number of ether oxygens (including phenoxy) is 1. The van der Waals surface area contributed by atoms with Crippen molar-refractivity contribution in [3.05, 3.63) is 30.1 Å². The molecule has 3 heterocycles. The summed E-state index contributed by atoms with van der Waals surface area (Å²) in [6.07, 6.45) is 5.01. The molecule has 0 bridgehead atoms. The van der Waals surface area contributed by atoms with Crippen LogP contribution in [0.4, 0.5) is 4.79 Å². The molecule has 1 aromatic rings. The van der Waals surface area contributed by atoms with Crippen molar-refractivity contribution in [2.75, 3.05) is 13.1 Å². The number of nitriles is 1. The number of hydrogen-bond donors (Lipinski definition) is 1. The van der Waals surface area contributed by atoms with Crippen LogP contribution in [0.1, 0.15) is 45.6 Å². The van der Waals surface area contributed by atoms with Crippen LogP contribution in [-0.4, -0.2) is 63.6 Å². The summed E-state index contributed by atoms with van der Waals surface area (Å²) in [6.45, 7) is 6.97. The Labute approximate surface area is 171 Å². The average molecular weight is 399 g/mol. The highest BCUT2D eigenvalue weighted by Crippen LogP contribution is 2.26. The van der Waals surface area contributed by atoms with Gasteiger partial charge in [-0.15, -0.1) is 0 Å². The van der Waals surface area contributed by atoms with Crippen LogP contribution in [-0.2, 0) is 16.1 Å². The third kappa shape index (κ3) is 5.24. The molecule has 0 aromatic carbocycles. The first-order chi connectivity index (χ1) is 13.8. The highest BCUT2D eigenvalue weighted by Gasteiger charge is 2.44. The Balaban J connectivity index is 1.72. The molecule has 2 aliphatic heterocycles. The van der Waals surface area contributed by atoms with E-state index in [4.69, 9.17) is 4.74 Å². The summed E-state index contributed by atoms with van der Waals surface area (Å²) in [6, 6.07) is 4.99. The van der Waals surface area contributed by atoms with Gasteiger partial charge < -0.3 is 15.0 Å². The maximum Gasteiger partial charge on any atom is 0.411 e. The number of likely N-dealkylation sites (tertiary alicyclic amines) is 2. The Morgan fingerprint density at radius 2 is 2.17 bits per heavy atom. The van der Waals surface area contributed by atoms with Crippen LogP contribution in [0.25, 0.3) is 0 Å². The van der Waals surface area contributed by atoms with E-state index in [1.54, 1.807) is 17.3 Å². The van der Waals surface area contributed by atoms with Gasteiger partial charge in [0.2, 0.25) is 5.91 Å². The lowest BCUT2D eigenvalue weighted by atomic mass is 10.1. The van der Waals surface area contributed by atoms with Crippen molar-refractivity contribution in [2.45, 2.75) is 70.3 Å². The van der Waals surface area contributed by atoms with Gasteiger partial charge in [0.25, 0.3) is 0 Å². The molecule has 3 atom stereocenters. The maximum absolute atomic E-state index is 13.2. The van der Waals surface area contributed by atoms with Crippen molar-refractivity contribution < 1.29 is 14.3 Å². The zero-order valence-corrected chi connectivity index (χ0v) is 17.3. The molecule has 2 fully saturated rings. The van der Waals surface area contributed by atoms with E-state index in [-0.39, 0.29) is 11.9 Å². The fourth-order valence-electron chi connectivity index (χ4n) is 3.86. The number of aromatic nitrogens is 1. The number of carbonyl (C=O) groups excluding carboxylic acids is 2. The first-order valence-corrected chi connectivity index (χ1v) is 10.1. The number of amides is 2. The Bertz CT molecular complexity index is 771. The number of rotatable bonds is 4. The van der Waals surface area contributed by atoms with E-state index < -0.39 is 23.8 Å². The zero-order chi connectivity index (χ0) is 21.0. The number of hydrogen-bond acceptors (Lipinski definition) is 6. The molecular weight excluding hydrogens is 370 g/mol. The Kier molecular flexibility index (Phi) is 6.38. The second kappa shape index (κ2) is 8.78. The van der Waals surface area contributed by atoms with Gasteiger partial charge in [-0.25, -0.2) is 4.79 Å². The van der Waals surface area contributed by atoms with Crippen molar-refractivity contribution in [3.8, 4) is 6.07 Å². The van der Waals surface area contributed by atoms with Crippen molar-refractivity contribution in [1.29, 1.82) is 5.26 Å². The molecule has 8 heteroatoms. The molecule has 3 rings (SSSR count). The molecular formula is C21H29N5O3. The normalized spacial score (nSPS) is 24.4. The molecule has 2 amide bonds. The molecule has 8 nitrogen and oxygen atoms in total. The predicted octanol–water partition coefficient (Wildman–Crippen LogP) is 2.06. The lowest BCUT2D eigenvalue weighted by Crippen LogP contribution is -2.50. The molecule has 0 spiro atoms. The third-order valence-electron chi connectivity index (χ3n) is 5.22. The van der Waals surface area contributed by atoms with Gasteiger partial charge in [-0.05, 0) is 51.7 Å². The van der Waals surface area contributed by atoms with E-state index in [2.05, 4.69) is 16.4 Å². The number of pyridine rings is 1. The molecule has 1 unspecified atom stereocenters. The van der Waals surface area contributed by atoms with Crippen molar-refractivity contribution in [1.82, 2.24) is 20.1 Å². The fourth-order valence-corrected chi connectivity index (χ4v) is 3.86. The topological polar surface area (TPSA) is 98.6 Å². The van der Waals surface area contributed by atoms with Gasteiger partial charge in [-0.1, -0.05) is 6.07 Å². The minimum absolute atomic E-state index is 0.0418. The van der Waals surface area contributed by atoms with Crippen LogP contribution in [0.15, 0.2) is 24.5 Å². The van der Waals surface area contributed by atoms with Crippen molar-refractivity contribution >= 4 is 12.0 Å². The molecule has 0 saturated carbocycles. The summed E-state index contributed by atoms with van der Waals surface area (Å²) in [5.41, 5.74) is 0.393. The van der Waals surface area contributed by atoms with E-state index in [9.17, 15) is 14.9 Å². The van der Waals surface area contributed by atoms with Crippen LogP contribution in [0.3, 0.4) is 0 Å². The van der Waals surface area contributed by atoms with Gasteiger partial charge in [0.05, 0.1) is 6.07 Å². The first kappa shape index (κ1) is 21.1. The molecule has 0 radical (unpaired) electrons. The van der Waals surface area contributed by atoms with Crippen molar-refractivity contribution in [3.63, 3.8) is 0 Å². The largest absolute Gasteiger partial charge is 0.444 e. The van der Waals surface area contributed by atoms with Gasteiger partial charge in [0.1, 0.15) is 17.7 Å². The number of carbonyl (C=O) groups is 2. The molecule has 2 saturated heterocycles. The standard InChI is InChI=1S/C21H29N5O3/c1-21(2,3)29-20(28)26-14-16(24-13-15-6-4-8-23-12-15)10-18(26)19(27)25-9-5-7-17(25)11-22/h4,6,8,12,16-18,24H,5,7,9-10,13-14H2,1-3H3/t16-,17?,18-/m0/s1. The summed E-state index contributed by atoms with van der Waals surface area (Å²) < 4.78 is 5.54. The summed E-state index contributed by atoms with van der Waals surface area (Å²) in [7, 11) is 0. The van der Waals surface area contributed by atoms with Gasteiger partial charge in [0.15, 0.2) is 0 Å². The molecule has 156 valence electrons. The lowest BCUT2D eigenvalue weighted by Gasteiger charge is -2.30. The lowest BCUT2D eigenvalue weighted by molar-refractivity contribution is -0.135. The summed E-state index contributed by atoms with van der Waals surface area (Å²) in [5, 5.41) is 12.8. The van der Waals surface area contributed by atoms with E-state index >= 15 is 0 Å². The van der Waals surface area contributed by atoms with Crippen LogP contribution in [0.5, 0.6) is 0 Å². The van der Waals surface area contributed by atoms with E-state index in [1.165, 1.54) is 4.90 Å². The third-order valence-corrected chi connectivity index (χ3v) is 5.22. The monoisotopic (exact) mass is 399 g/mol. The summed E-state index contributed by atoms with van der Waals surface area (Å²) in [5.74, 6) is -0.161. The Morgan fingerprint density at radius 1 is 1.38 bits per heavy atom. The van der Waals surface area contributed by atoms with Crippen LogP contribution >= 0.6 is 0 Å². The Hall–Kier alpha value is -2.66. The predicted molar refractivity (Wildman–Crippen MR) is 107 cm³/mol. The second-order valence-corrected chi connectivity index (χ2v) is 8.64. The summed E-state index contributed by atoms with van der Waals surface area (Å²) >= 11 is 0.